The van der Waals surface area contributed by atoms with E-state index in [1.165, 1.54) is 6.92 Å². The Morgan fingerprint density at radius 1 is 1.06 bits per heavy atom. The molecule has 0 saturated heterocycles. The summed E-state index contributed by atoms with van der Waals surface area (Å²) < 4.78 is 5.48. The topological polar surface area (TPSA) is 125 Å². The van der Waals surface area contributed by atoms with Crippen molar-refractivity contribution >= 4 is 18.0 Å². The fourth-order valence-electron chi connectivity index (χ4n) is 4.18. The number of ether oxygens (including phenoxy) is 1. The smallest absolute Gasteiger partial charge is 0.407 e. The normalized spacial score (nSPS) is 20.4. The third kappa shape index (κ3) is 4.18. The van der Waals surface area contributed by atoms with Crippen LogP contribution in [0.25, 0.3) is 11.1 Å². The van der Waals surface area contributed by atoms with E-state index in [9.17, 15) is 19.5 Å². The van der Waals surface area contributed by atoms with Gasteiger partial charge in [0.1, 0.15) is 6.61 Å². The third-order valence-electron chi connectivity index (χ3n) is 6.30. The maximum absolute atomic E-state index is 12.3. The Hall–Kier alpha value is -3.39. The zero-order chi connectivity index (χ0) is 22.9. The van der Waals surface area contributed by atoms with Gasteiger partial charge in [0.05, 0.1) is 6.61 Å². The number of hydrogen-bond acceptors (Lipinski definition) is 5. The van der Waals surface area contributed by atoms with Gasteiger partial charge in [0.2, 0.25) is 5.91 Å². The fraction of sp³-hybridized carbons (Fsp3) is 0.375. The summed E-state index contributed by atoms with van der Waals surface area (Å²) in [4.78, 5) is 35.7. The molecular weight excluding hydrogens is 412 g/mol. The Labute approximate surface area is 185 Å². The van der Waals surface area contributed by atoms with Crippen LogP contribution < -0.4 is 10.6 Å². The second-order valence-corrected chi connectivity index (χ2v) is 8.59. The van der Waals surface area contributed by atoms with E-state index in [1.807, 2.05) is 36.4 Å². The van der Waals surface area contributed by atoms with E-state index < -0.39 is 36.0 Å². The molecule has 4 rings (SSSR count). The van der Waals surface area contributed by atoms with Crippen molar-refractivity contribution in [3.63, 3.8) is 0 Å². The maximum atomic E-state index is 12.3. The van der Waals surface area contributed by atoms with Crippen molar-refractivity contribution in [3.8, 4) is 11.1 Å². The second-order valence-electron chi connectivity index (χ2n) is 8.59. The fourth-order valence-corrected chi connectivity index (χ4v) is 4.18. The monoisotopic (exact) mass is 438 g/mol. The molecule has 4 N–H and O–H groups in total. The average molecular weight is 438 g/mol. The Morgan fingerprint density at radius 2 is 1.66 bits per heavy atom. The predicted octanol–water partition coefficient (Wildman–Crippen LogP) is 2.11. The number of alkyl carbamates (subject to hydrolysis) is 1. The number of aliphatic hydroxyl groups excluding tert-OH is 1. The lowest BCUT2D eigenvalue weighted by Crippen LogP contribution is -2.55. The Balaban J connectivity index is 1.27. The van der Waals surface area contributed by atoms with E-state index in [-0.39, 0.29) is 25.0 Å². The molecule has 2 aliphatic rings. The lowest BCUT2D eigenvalue weighted by atomic mass is 9.98. The first-order valence-electron chi connectivity index (χ1n) is 10.6. The van der Waals surface area contributed by atoms with Gasteiger partial charge < -0.3 is 25.6 Å². The number of fused-ring (bicyclic) bond motifs is 3. The van der Waals surface area contributed by atoms with E-state index in [0.717, 1.165) is 22.3 Å². The summed E-state index contributed by atoms with van der Waals surface area (Å²) in [7, 11) is 0. The quantitative estimate of drug-likeness (QED) is 0.500. The van der Waals surface area contributed by atoms with Crippen molar-refractivity contribution in [3.05, 3.63) is 59.7 Å². The molecule has 0 aromatic heterocycles. The summed E-state index contributed by atoms with van der Waals surface area (Å²) in [5, 5.41) is 23.5. The van der Waals surface area contributed by atoms with Crippen molar-refractivity contribution in [2.45, 2.75) is 24.8 Å². The van der Waals surface area contributed by atoms with Gasteiger partial charge in [-0.25, -0.2) is 9.59 Å². The third-order valence-corrected chi connectivity index (χ3v) is 6.30. The molecule has 8 heteroatoms. The van der Waals surface area contributed by atoms with Gasteiger partial charge in [0, 0.05) is 18.4 Å². The van der Waals surface area contributed by atoms with Crippen LogP contribution in [0.1, 0.15) is 30.4 Å². The van der Waals surface area contributed by atoms with Gasteiger partial charge in [-0.15, -0.1) is 0 Å². The van der Waals surface area contributed by atoms with Gasteiger partial charge in [-0.1, -0.05) is 48.5 Å². The molecular formula is C24H26N2O6. The van der Waals surface area contributed by atoms with Gasteiger partial charge in [-0.05, 0) is 41.5 Å². The van der Waals surface area contributed by atoms with E-state index in [0.29, 0.717) is 6.42 Å². The van der Waals surface area contributed by atoms with Crippen LogP contribution in [0.4, 0.5) is 4.79 Å². The molecule has 32 heavy (non-hydrogen) atoms. The molecule has 0 heterocycles. The number of carbonyl (C=O) groups is 3. The van der Waals surface area contributed by atoms with Crippen LogP contribution in [-0.2, 0) is 14.3 Å². The van der Waals surface area contributed by atoms with E-state index in [1.54, 1.807) is 0 Å². The second kappa shape index (κ2) is 8.63. The van der Waals surface area contributed by atoms with Gasteiger partial charge in [-0.2, -0.15) is 0 Å². The SMILES string of the molecule is CC(CO)(NC(=O)[C@@H]1C[C@@H]1CNC(=O)OCC1c2ccccc2-c2ccccc21)C(=O)O. The summed E-state index contributed by atoms with van der Waals surface area (Å²) in [5.74, 6) is -2.26. The summed E-state index contributed by atoms with van der Waals surface area (Å²) in [5.41, 5.74) is 2.85. The number of carboxylic acids is 1. The lowest BCUT2D eigenvalue weighted by Gasteiger charge is -2.23. The summed E-state index contributed by atoms with van der Waals surface area (Å²) in [6.45, 7) is 1.02. The number of aliphatic carboxylic acids is 1. The molecule has 1 saturated carbocycles. The molecule has 2 amide bonds. The number of benzene rings is 2. The number of aliphatic hydroxyl groups is 1. The molecule has 2 aliphatic carbocycles. The number of rotatable bonds is 8. The number of nitrogens with one attached hydrogen (secondary N) is 2. The molecule has 0 aliphatic heterocycles. The molecule has 1 unspecified atom stereocenters. The number of amides is 2. The Bertz CT molecular complexity index is 1010. The van der Waals surface area contributed by atoms with Gasteiger partial charge >= 0.3 is 12.1 Å². The predicted molar refractivity (Wildman–Crippen MR) is 116 cm³/mol. The molecule has 3 atom stereocenters. The van der Waals surface area contributed by atoms with E-state index >= 15 is 0 Å². The van der Waals surface area contributed by atoms with E-state index in [2.05, 4.69) is 22.8 Å². The van der Waals surface area contributed by atoms with Crippen LogP contribution in [0.5, 0.6) is 0 Å². The standard InChI is InChI=1S/C24H26N2O6/c1-24(13-27,22(29)30)26-21(28)19-10-14(19)11-25-23(31)32-12-20-17-8-4-2-6-15(17)16-7-3-5-9-18(16)20/h2-9,14,19-20,27H,10-13H2,1H3,(H,25,31)(H,26,28)(H,29,30)/t14-,19-,24?/m1/s1. The van der Waals surface area contributed by atoms with Gasteiger partial charge in [-0.3, -0.25) is 4.79 Å². The summed E-state index contributed by atoms with van der Waals surface area (Å²) >= 11 is 0. The number of hydrogen-bond donors (Lipinski definition) is 4. The molecule has 168 valence electrons. The molecule has 2 aromatic rings. The van der Waals surface area contributed by atoms with Crippen LogP contribution in [0.2, 0.25) is 0 Å². The van der Waals surface area contributed by atoms with Crippen LogP contribution in [-0.4, -0.2) is 53.5 Å². The van der Waals surface area contributed by atoms with Crippen molar-refractivity contribution in [2.75, 3.05) is 19.8 Å². The minimum Gasteiger partial charge on any atom is -0.479 e. The Morgan fingerprint density at radius 3 is 2.22 bits per heavy atom. The van der Waals surface area contributed by atoms with Gasteiger partial charge in [0.15, 0.2) is 5.54 Å². The lowest BCUT2D eigenvalue weighted by molar-refractivity contribution is -0.148. The number of carboxylic acid groups (broad SMARTS) is 1. The molecule has 8 nitrogen and oxygen atoms in total. The first-order valence-corrected chi connectivity index (χ1v) is 10.6. The minimum atomic E-state index is -1.72. The minimum absolute atomic E-state index is 0.0280. The highest BCUT2D eigenvalue weighted by Crippen LogP contribution is 2.44. The van der Waals surface area contributed by atoms with Crippen LogP contribution in [0, 0.1) is 11.8 Å². The van der Waals surface area contributed by atoms with Crippen LogP contribution >= 0.6 is 0 Å². The van der Waals surface area contributed by atoms with E-state index in [4.69, 9.17) is 9.84 Å². The molecule has 1 fully saturated rings. The molecule has 2 aromatic carbocycles. The van der Waals surface area contributed by atoms with Crippen molar-refractivity contribution in [1.82, 2.24) is 10.6 Å². The molecule has 0 bridgehead atoms. The zero-order valence-electron chi connectivity index (χ0n) is 17.7. The van der Waals surface area contributed by atoms with Gasteiger partial charge in [0.25, 0.3) is 0 Å². The summed E-state index contributed by atoms with van der Waals surface area (Å²) in [6.07, 6.45) is -0.0139. The van der Waals surface area contributed by atoms with Crippen molar-refractivity contribution in [1.29, 1.82) is 0 Å². The highest BCUT2D eigenvalue weighted by atomic mass is 16.5. The first kappa shape index (κ1) is 21.8. The zero-order valence-corrected chi connectivity index (χ0v) is 17.7. The highest BCUT2D eigenvalue weighted by molar-refractivity contribution is 5.89. The molecule has 0 spiro atoms. The van der Waals surface area contributed by atoms with Crippen molar-refractivity contribution in [2.24, 2.45) is 11.8 Å². The average Bonchev–Trinajstić information content (AvgIpc) is 3.51. The molecule has 0 radical (unpaired) electrons. The van der Waals surface area contributed by atoms with Crippen LogP contribution in [0.15, 0.2) is 48.5 Å². The van der Waals surface area contributed by atoms with Crippen LogP contribution in [0.3, 0.4) is 0 Å². The largest absolute Gasteiger partial charge is 0.479 e. The summed E-state index contributed by atoms with van der Waals surface area (Å²) in [6, 6.07) is 16.2. The maximum Gasteiger partial charge on any atom is 0.407 e. The first-order chi connectivity index (χ1) is 15.3. The highest BCUT2D eigenvalue weighted by Gasteiger charge is 2.46. The number of carbonyl (C=O) groups excluding carboxylic acids is 2. The van der Waals surface area contributed by atoms with Crippen molar-refractivity contribution < 1.29 is 29.3 Å². The Kier molecular flexibility index (Phi) is 5.88.